The van der Waals surface area contributed by atoms with Gasteiger partial charge in [-0.05, 0) is 36.8 Å². The minimum Gasteiger partial charge on any atom is -0.411 e. The van der Waals surface area contributed by atoms with Crippen LogP contribution in [0.15, 0.2) is 24.3 Å². The molecule has 0 aromatic carbocycles. The summed E-state index contributed by atoms with van der Waals surface area (Å²) in [6.07, 6.45) is 6.87. The first kappa shape index (κ1) is 20.7. The molecule has 2 unspecified atom stereocenters. The first-order valence-corrected chi connectivity index (χ1v) is 10.5. The normalized spacial score (nSPS) is 20.8. The fourth-order valence-electron chi connectivity index (χ4n) is 3.35. The average Bonchev–Trinajstić information content (AvgIpc) is 3.25. The Balaban J connectivity index is 1.84. The zero-order valence-electron chi connectivity index (χ0n) is 17.4. The summed E-state index contributed by atoms with van der Waals surface area (Å²) in [5.41, 5.74) is 7.49. The number of carbonyl (C=O) groups excluding carboxylic acids is 1. The van der Waals surface area contributed by atoms with E-state index in [1.807, 2.05) is 10.6 Å². The van der Waals surface area contributed by atoms with Crippen LogP contribution < -0.4 is 5.73 Å². The molecule has 3 rings (SSSR count). The molecule has 2 N–H and O–H groups in total. The molecule has 2 heterocycles. The maximum atomic E-state index is 11.8. The van der Waals surface area contributed by atoms with Crippen molar-refractivity contribution in [3.8, 4) is 0 Å². The van der Waals surface area contributed by atoms with Crippen molar-refractivity contribution in [2.45, 2.75) is 64.6 Å². The van der Waals surface area contributed by atoms with Crippen LogP contribution in [0.3, 0.4) is 0 Å². The molecule has 0 bridgehead atoms. The van der Waals surface area contributed by atoms with Crippen LogP contribution in [0.4, 0.5) is 5.82 Å². The van der Waals surface area contributed by atoms with Crippen LogP contribution in [0.2, 0.25) is 5.04 Å². The number of nitrogens with two attached hydrogens (primary N) is 1. The highest BCUT2D eigenvalue weighted by Crippen LogP contribution is 2.43. The number of allylic oxidation sites excluding steroid dienone is 1. The Kier molecular flexibility index (Phi) is 5.46. The molecule has 2 aromatic rings. The molecule has 0 fully saturated rings. The van der Waals surface area contributed by atoms with Crippen molar-refractivity contribution >= 4 is 33.0 Å². The Morgan fingerprint density at radius 2 is 2.00 bits per heavy atom. The van der Waals surface area contributed by atoms with E-state index in [4.69, 9.17) is 10.2 Å². The van der Waals surface area contributed by atoms with E-state index in [1.54, 1.807) is 6.33 Å². The smallest absolute Gasteiger partial charge is 0.237 e. The summed E-state index contributed by atoms with van der Waals surface area (Å²) in [5.74, 6) is 0.877. The number of nitrogen functional groups attached to an aromatic ring is 1. The monoisotopic (exact) mass is 399 g/mol. The average molecular weight is 400 g/mol. The van der Waals surface area contributed by atoms with Crippen molar-refractivity contribution in [2.24, 2.45) is 11.8 Å². The van der Waals surface area contributed by atoms with Crippen molar-refractivity contribution in [1.29, 1.82) is 0 Å². The van der Waals surface area contributed by atoms with E-state index < -0.39 is 5.60 Å². The van der Waals surface area contributed by atoms with Gasteiger partial charge < -0.3 is 14.7 Å². The predicted molar refractivity (Wildman–Crippen MR) is 111 cm³/mol. The first-order valence-electron chi connectivity index (χ1n) is 9.62. The second-order valence-electron chi connectivity index (χ2n) is 8.91. The van der Waals surface area contributed by atoms with Crippen LogP contribution in [-0.2, 0) is 9.22 Å². The number of aromatic nitrogens is 4. The minimum absolute atomic E-state index is 0.00194. The van der Waals surface area contributed by atoms with Gasteiger partial charge in [-0.25, -0.2) is 15.0 Å². The lowest BCUT2D eigenvalue weighted by Gasteiger charge is -2.37. The van der Waals surface area contributed by atoms with E-state index in [-0.39, 0.29) is 17.0 Å². The Morgan fingerprint density at radius 1 is 1.29 bits per heavy atom. The van der Waals surface area contributed by atoms with Crippen LogP contribution in [0.1, 0.15) is 54.0 Å². The van der Waals surface area contributed by atoms with Gasteiger partial charge in [0, 0.05) is 5.92 Å². The van der Waals surface area contributed by atoms with Gasteiger partial charge in [-0.15, -0.1) is 0 Å². The largest absolute Gasteiger partial charge is 0.411 e. The third kappa shape index (κ3) is 3.75. The van der Waals surface area contributed by atoms with Crippen molar-refractivity contribution < 1.29 is 9.22 Å². The van der Waals surface area contributed by atoms with Crippen LogP contribution in [0.5, 0.6) is 0 Å². The van der Waals surface area contributed by atoms with Gasteiger partial charge in [0.25, 0.3) is 0 Å². The number of hydrogen-bond donors (Lipinski definition) is 1. The third-order valence-electron chi connectivity index (χ3n) is 6.00. The van der Waals surface area contributed by atoms with Crippen LogP contribution >= 0.6 is 0 Å². The quantitative estimate of drug-likeness (QED) is 0.566. The van der Waals surface area contributed by atoms with Gasteiger partial charge in [-0.2, -0.15) is 0 Å². The standard InChI is InChI=1S/C20H29N5O2Si/c1-12(2)20(5,6)28-27-19(3,4)15-8-14(7-13(15)9-26)25-11-24-16-17(21)22-10-23-18(16)25/h7,9-12,14-15H,8H2,1-6H3,(H2,21,22,23). The maximum absolute atomic E-state index is 11.8. The SMILES string of the molecule is CC(C)C(C)(C)[Si]OC(C)(C)C1CC(n2cnc3c(N)ncnc32)C=C1C=O. The van der Waals surface area contributed by atoms with Crippen molar-refractivity contribution in [1.82, 2.24) is 19.5 Å². The van der Waals surface area contributed by atoms with E-state index in [0.717, 1.165) is 18.3 Å². The zero-order chi connectivity index (χ0) is 20.7. The predicted octanol–water partition coefficient (Wildman–Crippen LogP) is 3.36. The minimum atomic E-state index is -0.448. The topological polar surface area (TPSA) is 95.9 Å². The van der Waals surface area contributed by atoms with Crippen LogP contribution in [0.25, 0.3) is 11.2 Å². The van der Waals surface area contributed by atoms with Crippen LogP contribution in [0, 0.1) is 11.8 Å². The molecule has 0 spiro atoms. The van der Waals surface area contributed by atoms with E-state index in [2.05, 4.69) is 56.5 Å². The molecule has 1 aliphatic carbocycles. The Bertz CT molecular complexity index is 903. The van der Waals surface area contributed by atoms with E-state index in [1.165, 1.54) is 6.33 Å². The highest BCUT2D eigenvalue weighted by molar-refractivity contribution is 6.32. The Hall–Kier alpha value is -2.06. The third-order valence-corrected chi connectivity index (χ3v) is 7.74. The number of carbonyl (C=O) groups is 1. The first-order chi connectivity index (χ1) is 13.1. The molecule has 2 atom stereocenters. The number of fused-ring (bicyclic) bond motifs is 1. The molecular formula is C20H29N5O2Si. The van der Waals surface area contributed by atoms with Gasteiger partial charge in [0.05, 0.1) is 18.0 Å². The summed E-state index contributed by atoms with van der Waals surface area (Å²) in [6, 6.07) is -0.0196. The highest BCUT2D eigenvalue weighted by Gasteiger charge is 2.41. The van der Waals surface area contributed by atoms with Gasteiger partial charge in [-0.3, -0.25) is 4.79 Å². The number of rotatable bonds is 7. The zero-order valence-corrected chi connectivity index (χ0v) is 18.4. The van der Waals surface area contributed by atoms with Gasteiger partial charge in [-0.1, -0.05) is 33.8 Å². The molecule has 2 aromatic heterocycles. The second-order valence-corrected chi connectivity index (χ2v) is 10.6. The summed E-state index contributed by atoms with van der Waals surface area (Å²) in [5, 5.41) is 0.0926. The van der Waals surface area contributed by atoms with Gasteiger partial charge >= 0.3 is 0 Å². The molecule has 0 amide bonds. The second kappa shape index (κ2) is 7.40. The lowest BCUT2D eigenvalue weighted by molar-refractivity contribution is -0.106. The maximum Gasteiger partial charge on any atom is 0.237 e. The molecule has 0 saturated carbocycles. The lowest BCUT2D eigenvalue weighted by Crippen LogP contribution is -2.39. The molecule has 2 radical (unpaired) electrons. The van der Waals surface area contributed by atoms with Crippen molar-refractivity contribution in [3.63, 3.8) is 0 Å². The molecule has 1 aliphatic rings. The van der Waals surface area contributed by atoms with Crippen molar-refractivity contribution in [3.05, 3.63) is 24.3 Å². The molecule has 0 aliphatic heterocycles. The van der Waals surface area contributed by atoms with Gasteiger partial charge in [0.15, 0.2) is 11.5 Å². The molecule has 0 saturated heterocycles. The number of hydrogen-bond acceptors (Lipinski definition) is 6. The Labute approximate surface area is 168 Å². The Morgan fingerprint density at radius 3 is 2.64 bits per heavy atom. The number of nitrogens with zero attached hydrogens (tertiary/aromatic N) is 4. The summed E-state index contributed by atoms with van der Waals surface area (Å²) in [7, 11) is 0.357. The van der Waals surface area contributed by atoms with Crippen molar-refractivity contribution in [2.75, 3.05) is 5.73 Å². The fourth-order valence-corrected chi connectivity index (χ4v) is 4.25. The fraction of sp³-hybridized carbons (Fsp3) is 0.600. The van der Waals surface area contributed by atoms with E-state index in [0.29, 0.717) is 32.7 Å². The number of imidazole rings is 1. The van der Waals surface area contributed by atoms with Gasteiger partial charge in [0.2, 0.25) is 9.76 Å². The summed E-state index contributed by atoms with van der Waals surface area (Å²) in [6.45, 7) is 13.0. The molecule has 150 valence electrons. The molecule has 7 nitrogen and oxygen atoms in total. The number of aldehydes is 1. The highest BCUT2D eigenvalue weighted by atomic mass is 28.2. The summed E-state index contributed by atoms with van der Waals surface area (Å²) < 4.78 is 8.37. The van der Waals surface area contributed by atoms with Crippen LogP contribution in [-0.4, -0.2) is 41.2 Å². The number of anilines is 1. The summed E-state index contributed by atoms with van der Waals surface area (Å²) in [4.78, 5) is 24.5. The molecule has 8 heteroatoms. The summed E-state index contributed by atoms with van der Waals surface area (Å²) >= 11 is 0. The lowest BCUT2D eigenvalue weighted by atomic mass is 9.85. The van der Waals surface area contributed by atoms with Gasteiger partial charge in [0.1, 0.15) is 18.1 Å². The molecule has 28 heavy (non-hydrogen) atoms. The van der Waals surface area contributed by atoms with E-state index in [9.17, 15) is 4.79 Å². The van der Waals surface area contributed by atoms with E-state index >= 15 is 0 Å². The molecular weight excluding hydrogens is 370 g/mol.